The lowest BCUT2D eigenvalue weighted by molar-refractivity contribution is -0.150. The molecule has 0 unspecified atom stereocenters. The largest absolute Gasteiger partial charge is 0.481 e. The molecule has 3 heteroatoms. The molecule has 0 atom stereocenters. The number of aryl methyl sites for hydroxylation is 2. The number of carboxylic acid groups (broad SMARTS) is 1. The number of carbonyl (C=O) groups is 1. The average molecular weight is 273 g/mol. The third-order valence-electron chi connectivity index (χ3n) is 5.05. The lowest BCUT2D eigenvalue weighted by Crippen LogP contribution is -2.42. The molecule has 0 aromatic heterocycles. The van der Waals surface area contributed by atoms with Crippen LogP contribution >= 0.6 is 0 Å². The maximum atomic E-state index is 11.3. The van der Waals surface area contributed by atoms with Crippen LogP contribution in [0, 0.1) is 5.41 Å². The summed E-state index contributed by atoms with van der Waals surface area (Å²) in [7, 11) is 0. The van der Waals surface area contributed by atoms with E-state index in [2.05, 4.69) is 23.1 Å². The number of piperidine rings is 1. The Balaban J connectivity index is 1.61. The van der Waals surface area contributed by atoms with Crippen LogP contribution in [0.2, 0.25) is 0 Å². The van der Waals surface area contributed by atoms with Gasteiger partial charge >= 0.3 is 5.97 Å². The van der Waals surface area contributed by atoms with Crippen LogP contribution in [0.1, 0.15) is 42.9 Å². The van der Waals surface area contributed by atoms with Crippen LogP contribution in [0.25, 0.3) is 0 Å². The van der Waals surface area contributed by atoms with Gasteiger partial charge in [0, 0.05) is 6.54 Å². The molecule has 1 saturated heterocycles. The van der Waals surface area contributed by atoms with E-state index in [0.717, 1.165) is 32.5 Å². The van der Waals surface area contributed by atoms with Crippen molar-refractivity contribution in [2.24, 2.45) is 5.41 Å². The number of benzene rings is 1. The molecular formula is C17H23NO2. The molecule has 1 fully saturated rings. The van der Waals surface area contributed by atoms with Gasteiger partial charge in [-0.1, -0.05) is 18.2 Å². The van der Waals surface area contributed by atoms with E-state index in [1.165, 1.54) is 36.0 Å². The van der Waals surface area contributed by atoms with Crippen LogP contribution in [-0.4, -0.2) is 29.1 Å². The summed E-state index contributed by atoms with van der Waals surface area (Å²) >= 11 is 0. The molecule has 0 spiro atoms. The molecule has 1 aromatic carbocycles. The molecule has 108 valence electrons. The van der Waals surface area contributed by atoms with Crippen molar-refractivity contribution < 1.29 is 9.90 Å². The van der Waals surface area contributed by atoms with E-state index in [-0.39, 0.29) is 0 Å². The van der Waals surface area contributed by atoms with Crippen molar-refractivity contribution in [2.75, 3.05) is 13.1 Å². The normalized spacial score (nSPS) is 21.6. The van der Waals surface area contributed by atoms with Gasteiger partial charge in [-0.05, 0) is 68.8 Å². The number of fused-ring (bicyclic) bond motifs is 1. The number of rotatable bonds is 3. The summed E-state index contributed by atoms with van der Waals surface area (Å²) in [5, 5.41) is 9.26. The quantitative estimate of drug-likeness (QED) is 0.920. The van der Waals surface area contributed by atoms with Gasteiger partial charge in [-0.15, -0.1) is 0 Å². The van der Waals surface area contributed by atoms with Crippen molar-refractivity contribution in [3.8, 4) is 0 Å². The Morgan fingerprint density at radius 1 is 1.25 bits per heavy atom. The van der Waals surface area contributed by atoms with Crippen molar-refractivity contribution in [3.63, 3.8) is 0 Å². The zero-order valence-electron chi connectivity index (χ0n) is 12.2. The van der Waals surface area contributed by atoms with Crippen LogP contribution in [0.4, 0.5) is 0 Å². The van der Waals surface area contributed by atoms with E-state index in [9.17, 15) is 9.90 Å². The Morgan fingerprint density at radius 2 is 1.95 bits per heavy atom. The Kier molecular flexibility index (Phi) is 3.55. The molecule has 0 saturated carbocycles. The summed E-state index contributed by atoms with van der Waals surface area (Å²) in [6.07, 6.45) is 5.26. The van der Waals surface area contributed by atoms with E-state index < -0.39 is 11.4 Å². The van der Waals surface area contributed by atoms with Gasteiger partial charge in [0.1, 0.15) is 0 Å². The number of aliphatic carboxylic acids is 1. The summed E-state index contributed by atoms with van der Waals surface area (Å²) in [5.41, 5.74) is 3.90. The second-order valence-corrected chi connectivity index (χ2v) is 6.60. The molecule has 0 radical (unpaired) electrons. The summed E-state index contributed by atoms with van der Waals surface area (Å²) in [6, 6.07) is 6.88. The van der Waals surface area contributed by atoms with Crippen molar-refractivity contribution in [2.45, 2.75) is 45.6 Å². The summed E-state index contributed by atoms with van der Waals surface area (Å²) in [6.45, 7) is 4.62. The van der Waals surface area contributed by atoms with E-state index in [1.54, 1.807) is 0 Å². The summed E-state index contributed by atoms with van der Waals surface area (Å²) in [5.74, 6) is -0.644. The van der Waals surface area contributed by atoms with Gasteiger partial charge in [-0.3, -0.25) is 9.69 Å². The number of carboxylic acids is 1. The van der Waals surface area contributed by atoms with Gasteiger partial charge in [0.15, 0.2) is 0 Å². The molecule has 3 rings (SSSR count). The Morgan fingerprint density at radius 3 is 2.65 bits per heavy atom. The predicted octanol–water partition coefficient (Wildman–Crippen LogP) is 2.86. The summed E-state index contributed by atoms with van der Waals surface area (Å²) in [4.78, 5) is 13.6. The number of hydrogen-bond donors (Lipinski definition) is 1. The average Bonchev–Trinajstić information content (AvgIpc) is 2.89. The van der Waals surface area contributed by atoms with Crippen LogP contribution in [-0.2, 0) is 24.2 Å². The van der Waals surface area contributed by atoms with E-state index in [0.29, 0.717) is 0 Å². The van der Waals surface area contributed by atoms with Crippen molar-refractivity contribution in [1.82, 2.24) is 4.90 Å². The monoisotopic (exact) mass is 273 g/mol. The number of nitrogens with zero attached hydrogens (tertiary/aromatic N) is 1. The maximum absolute atomic E-state index is 11.3. The molecule has 2 aliphatic rings. The van der Waals surface area contributed by atoms with Crippen molar-refractivity contribution in [1.29, 1.82) is 0 Å². The molecule has 1 aliphatic carbocycles. The zero-order valence-corrected chi connectivity index (χ0v) is 12.2. The van der Waals surface area contributed by atoms with Crippen LogP contribution in [0.5, 0.6) is 0 Å². The highest BCUT2D eigenvalue weighted by atomic mass is 16.4. The zero-order chi connectivity index (χ0) is 14.2. The Bertz CT molecular complexity index is 516. The van der Waals surface area contributed by atoms with Crippen molar-refractivity contribution >= 4 is 5.97 Å². The maximum Gasteiger partial charge on any atom is 0.309 e. The van der Waals surface area contributed by atoms with Crippen LogP contribution < -0.4 is 0 Å². The topological polar surface area (TPSA) is 40.5 Å². The molecule has 3 nitrogen and oxygen atoms in total. The van der Waals surface area contributed by atoms with Gasteiger partial charge in [0.25, 0.3) is 0 Å². The van der Waals surface area contributed by atoms with Crippen LogP contribution in [0.15, 0.2) is 18.2 Å². The minimum atomic E-state index is -0.644. The molecule has 1 aliphatic heterocycles. The smallest absolute Gasteiger partial charge is 0.309 e. The van der Waals surface area contributed by atoms with Crippen molar-refractivity contribution in [3.05, 3.63) is 34.9 Å². The minimum Gasteiger partial charge on any atom is -0.481 e. The first-order valence-corrected chi connectivity index (χ1v) is 7.63. The molecular weight excluding hydrogens is 250 g/mol. The Hall–Kier alpha value is -1.35. The lowest BCUT2D eigenvalue weighted by Gasteiger charge is -2.36. The van der Waals surface area contributed by atoms with Gasteiger partial charge in [-0.25, -0.2) is 0 Å². The second-order valence-electron chi connectivity index (χ2n) is 6.60. The SMILES string of the molecule is CC1(C(=O)O)CCN(Cc2ccc3c(c2)CCC3)CC1. The highest BCUT2D eigenvalue weighted by Gasteiger charge is 2.36. The van der Waals surface area contributed by atoms with Gasteiger partial charge < -0.3 is 5.11 Å². The molecule has 1 aromatic rings. The molecule has 1 N–H and O–H groups in total. The second kappa shape index (κ2) is 5.21. The molecule has 20 heavy (non-hydrogen) atoms. The lowest BCUT2D eigenvalue weighted by atomic mass is 9.80. The standard InChI is InChI=1S/C17H23NO2/c1-17(16(19)20)7-9-18(10-8-17)12-13-5-6-14-3-2-4-15(14)11-13/h5-6,11H,2-4,7-10,12H2,1H3,(H,19,20). The number of likely N-dealkylation sites (tertiary alicyclic amines) is 1. The Labute approximate surface area is 120 Å². The number of hydrogen-bond acceptors (Lipinski definition) is 2. The fourth-order valence-electron chi connectivity index (χ4n) is 3.40. The first-order chi connectivity index (χ1) is 9.57. The molecule has 0 bridgehead atoms. The first kappa shape index (κ1) is 13.6. The van der Waals surface area contributed by atoms with Gasteiger partial charge in [0.05, 0.1) is 5.41 Å². The third kappa shape index (κ3) is 2.59. The first-order valence-electron chi connectivity index (χ1n) is 7.63. The van der Waals surface area contributed by atoms with Gasteiger partial charge in [-0.2, -0.15) is 0 Å². The van der Waals surface area contributed by atoms with Crippen LogP contribution in [0.3, 0.4) is 0 Å². The fourth-order valence-corrected chi connectivity index (χ4v) is 3.40. The highest BCUT2D eigenvalue weighted by Crippen LogP contribution is 2.32. The highest BCUT2D eigenvalue weighted by molar-refractivity contribution is 5.74. The van der Waals surface area contributed by atoms with E-state index >= 15 is 0 Å². The third-order valence-corrected chi connectivity index (χ3v) is 5.05. The van der Waals surface area contributed by atoms with E-state index in [1.807, 2.05) is 6.92 Å². The molecule has 1 heterocycles. The fraction of sp³-hybridized carbons (Fsp3) is 0.588. The summed E-state index contributed by atoms with van der Waals surface area (Å²) < 4.78 is 0. The van der Waals surface area contributed by atoms with E-state index in [4.69, 9.17) is 0 Å². The van der Waals surface area contributed by atoms with Gasteiger partial charge in [0.2, 0.25) is 0 Å². The molecule has 0 amide bonds. The predicted molar refractivity (Wildman–Crippen MR) is 78.7 cm³/mol. The minimum absolute atomic E-state index is 0.519.